The van der Waals surface area contributed by atoms with E-state index in [-0.39, 0.29) is 11.5 Å². The molecule has 5 nitrogen and oxygen atoms in total. The van der Waals surface area contributed by atoms with Crippen LogP contribution < -0.4 is 16.4 Å². The van der Waals surface area contributed by atoms with Crippen LogP contribution in [0.1, 0.15) is 40.5 Å². The summed E-state index contributed by atoms with van der Waals surface area (Å²) in [7, 11) is 0. The number of hydrogen-bond acceptors (Lipinski definition) is 5. The van der Waals surface area contributed by atoms with Crippen molar-refractivity contribution < 1.29 is 10.2 Å². The van der Waals surface area contributed by atoms with E-state index < -0.39 is 5.66 Å². The molecule has 28 heavy (non-hydrogen) atoms. The quantitative estimate of drug-likeness (QED) is 0.364. The maximum absolute atomic E-state index is 11.1. The second kappa shape index (κ2) is 6.36. The highest BCUT2D eigenvalue weighted by molar-refractivity contribution is 6.14. The molecule has 0 atom stereocenters. The van der Waals surface area contributed by atoms with E-state index >= 15 is 0 Å². The summed E-state index contributed by atoms with van der Waals surface area (Å²) in [6.45, 7) is 8.69. The Balaban J connectivity index is 2.12. The van der Waals surface area contributed by atoms with Gasteiger partial charge in [-0.15, -0.1) is 0 Å². The Morgan fingerprint density at radius 1 is 0.857 bits per heavy atom. The lowest BCUT2D eigenvalue weighted by Gasteiger charge is -2.27. The Labute approximate surface area is 164 Å². The smallest absolute Gasteiger partial charge is 0.152 e. The Hall–Kier alpha value is -2.82. The van der Waals surface area contributed by atoms with Crippen LogP contribution in [0.5, 0.6) is 11.5 Å². The zero-order valence-corrected chi connectivity index (χ0v) is 16.8. The SMILES string of the molecule is CC(C)CC1(CC(C)C)N=c2ccc3c(O)c4cccc(N)c4c(O)c3c2=N1. The molecule has 1 heterocycles. The third-order valence-corrected chi connectivity index (χ3v) is 5.36. The van der Waals surface area contributed by atoms with Gasteiger partial charge in [0.15, 0.2) is 5.66 Å². The second-order valence-corrected chi connectivity index (χ2v) is 8.72. The van der Waals surface area contributed by atoms with Crippen LogP contribution in [-0.2, 0) is 0 Å². The summed E-state index contributed by atoms with van der Waals surface area (Å²) in [5.74, 6) is 1.04. The summed E-state index contributed by atoms with van der Waals surface area (Å²) in [6, 6.07) is 8.95. The molecular weight excluding hydrogens is 350 g/mol. The van der Waals surface area contributed by atoms with Gasteiger partial charge in [-0.3, -0.25) is 9.98 Å². The van der Waals surface area contributed by atoms with Crippen molar-refractivity contribution in [2.75, 3.05) is 5.73 Å². The molecule has 0 saturated heterocycles. The van der Waals surface area contributed by atoms with Crippen molar-refractivity contribution in [2.45, 2.75) is 46.2 Å². The molecule has 0 radical (unpaired) electrons. The van der Waals surface area contributed by atoms with Crippen molar-refractivity contribution in [2.24, 2.45) is 21.8 Å². The topological polar surface area (TPSA) is 91.2 Å². The van der Waals surface area contributed by atoms with E-state index in [1.54, 1.807) is 18.2 Å². The van der Waals surface area contributed by atoms with Crippen LogP contribution in [0.3, 0.4) is 0 Å². The number of phenolic OH excluding ortho intramolecular Hbond substituents is 2. The van der Waals surface area contributed by atoms with Crippen molar-refractivity contribution >= 4 is 27.2 Å². The first-order chi connectivity index (χ1) is 13.2. The van der Waals surface area contributed by atoms with Gasteiger partial charge in [-0.05, 0) is 42.9 Å². The van der Waals surface area contributed by atoms with Crippen molar-refractivity contribution in [1.82, 2.24) is 0 Å². The number of anilines is 1. The molecule has 0 spiro atoms. The molecule has 0 saturated carbocycles. The van der Waals surface area contributed by atoms with Crippen molar-refractivity contribution in [1.29, 1.82) is 0 Å². The van der Waals surface area contributed by atoms with E-state index in [1.165, 1.54) is 0 Å². The van der Waals surface area contributed by atoms with Crippen LogP contribution >= 0.6 is 0 Å². The van der Waals surface area contributed by atoms with Gasteiger partial charge in [0.1, 0.15) is 11.5 Å². The summed E-state index contributed by atoms with van der Waals surface area (Å²) in [5, 5.41) is 25.5. The average molecular weight is 377 g/mol. The van der Waals surface area contributed by atoms with Crippen LogP contribution in [-0.4, -0.2) is 15.9 Å². The van der Waals surface area contributed by atoms with E-state index in [1.807, 2.05) is 12.1 Å². The lowest BCUT2D eigenvalue weighted by molar-refractivity contribution is 0.296. The molecule has 0 aliphatic carbocycles. The lowest BCUT2D eigenvalue weighted by atomic mass is 9.90. The number of hydrogen-bond donors (Lipinski definition) is 3. The highest BCUT2D eigenvalue weighted by Gasteiger charge is 2.34. The van der Waals surface area contributed by atoms with E-state index in [2.05, 4.69) is 27.7 Å². The number of nitrogen functional groups attached to an aromatic ring is 1. The number of benzene rings is 3. The molecule has 4 rings (SSSR count). The summed E-state index contributed by atoms with van der Waals surface area (Å²) in [6.07, 6.45) is 1.67. The normalized spacial score (nSPS) is 15.2. The van der Waals surface area contributed by atoms with E-state index in [0.29, 0.717) is 44.4 Å². The molecule has 0 fully saturated rings. The minimum Gasteiger partial charge on any atom is -0.507 e. The summed E-state index contributed by atoms with van der Waals surface area (Å²) >= 11 is 0. The van der Waals surface area contributed by atoms with Gasteiger partial charge in [0, 0.05) is 16.5 Å². The first-order valence-electron chi connectivity index (χ1n) is 9.87. The van der Waals surface area contributed by atoms with Gasteiger partial charge in [-0.25, -0.2) is 0 Å². The van der Waals surface area contributed by atoms with Crippen LogP contribution in [0.15, 0.2) is 40.3 Å². The van der Waals surface area contributed by atoms with Crippen LogP contribution in [0.25, 0.3) is 21.5 Å². The number of nitrogens with zero attached hydrogens (tertiary/aromatic N) is 2. The van der Waals surface area contributed by atoms with Crippen LogP contribution in [0, 0.1) is 11.8 Å². The van der Waals surface area contributed by atoms with Crippen molar-refractivity contribution in [3.05, 3.63) is 41.0 Å². The number of aromatic hydroxyl groups is 2. The third-order valence-electron chi connectivity index (χ3n) is 5.36. The van der Waals surface area contributed by atoms with Gasteiger partial charge in [0.05, 0.1) is 21.5 Å². The number of phenols is 2. The van der Waals surface area contributed by atoms with Gasteiger partial charge < -0.3 is 15.9 Å². The fourth-order valence-corrected chi connectivity index (χ4v) is 4.55. The van der Waals surface area contributed by atoms with Crippen molar-refractivity contribution in [3.63, 3.8) is 0 Å². The van der Waals surface area contributed by atoms with Crippen LogP contribution in [0.4, 0.5) is 5.69 Å². The average Bonchev–Trinajstić information content (AvgIpc) is 2.94. The highest BCUT2D eigenvalue weighted by Crippen LogP contribution is 2.42. The predicted octanol–water partition coefficient (Wildman–Crippen LogP) is 4.03. The molecule has 146 valence electrons. The summed E-state index contributed by atoms with van der Waals surface area (Å²) in [5.41, 5.74) is 6.02. The lowest BCUT2D eigenvalue weighted by Crippen LogP contribution is -2.27. The molecule has 1 aliphatic rings. The third kappa shape index (κ3) is 2.77. The predicted molar refractivity (Wildman–Crippen MR) is 113 cm³/mol. The molecule has 0 unspecified atom stereocenters. The number of rotatable bonds is 4. The summed E-state index contributed by atoms with van der Waals surface area (Å²) < 4.78 is 0. The molecule has 4 N–H and O–H groups in total. The van der Waals surface area contributed by atoms with Gasteiger partial charge in [0.2, 0.25) is 0 Å². The van der Waals surface area contributed by atoms with Gasteiger partial charge in [0.25, 0.3) is 0 Å². The monoisotopic (exact) mass is 377 g/mol. The largest absolute Gasteiger partial charge is 0.507 e. The highest BCUT2D eigenvalue weighted by atomic mass is 16.3. The van der Waals surface area contributed by atoms with Crippen molar-refractivity contribution in [3.8, 4) is 11.5 Å². The zero-order chi connectivity index (χ0) is 20.2. The Morgan fingerprint density at radius 2 is 1.50 bits per heavy atom. The Bertz CT molecular complexity index is 1200. The molecule has 0 aromatic heterocycles. The Kier molecular flexibility index (Phi) is 4.21. The first-order valence-corrected chi connectivity index (χ1v) is 9.87. The van der Waals surface area contributed by atoms with Gasteiger partial charge >= 0.3 is 0 Å². The van der Waals surface area contributed by atoms with Gasteiger partial charge in [-0.2, -0.15) is 0 Å². The van der Waals surface area contributed by atoms with Gasteiger partial charge in [-0.1, -0.05) is 39.8 Å². The number of fused-ring (bicyclic) bond motifs is 4. The molecule has 0 amide bonds. The van der Waals surface area contributed by atoms with E-state index in [0.717, 1.165) is 18.2 Å². The molecule has 3 aromatic rings. The minimum atomic E-state index is -0.530. The van der Waals surface area contributed by atoms with E-state index in [9.17, 15) is 10.2 Å². The molecular formula is C23H27N3O2. The van der Waals surface area contributed by atoms with Crippen LogP contribution in [0.2, 0.25) is 0 Å². The Morgan fingerprint density at radius 3 is 2.14 bits per heavy atom. The standard InChI is InChI=1S/C23H27N3O2/c1-12(2)10-23(11-13(3)4)25-17-9-8-15-19(20(17)26-23)22(28)18-14(21(15)27)6-5-7-16(18)24/h5-9,12-13,27-28H,10-11,24H2,1-4H3. The fourth-order valence-electron chi connectivity index (χ4n) is 4.55. The first kappa shape index (κ1) is 18.5. The maximum atomic E-state index is 11.1. The molecule has 5 heteroatoms. The zero-order valence-electron chi connectivity index (χ0n) is 16.8. The number of nitrogens with two attached hydrogens (primary N) is 1. The molecule has 0 bridgehead atoms. The second-order valence-electron chi connectivity index (χ2n) is 8.72. The molecule has 3 aromatic carbocycles. The van der Waals surface area contributed by atoms with E-state index in [4.69, 9.17) is 15.7 Å². The maximum Gasteiger partial charge on any atom is 0.152 e. The summed E-state index contributed by atoms with van der Waals surface area (Å²) in [4.78, 5) is 10.0. The minimum absolute atomic E-state index is 0.0570. The fraction of sp³-hybridized carbons (Fsp3) is 0.391. The molecule has 1 aliphatic heterocycles.